The molecule has 0 radical (unpaired) electrons. The summed E-state index contributed by atoms with van der Waals surface area (Å²) >= 11 is 5.79. The highest BCUT2D eigenvalue weighted by Gasteiger charge is 2.25. The van der Waals surface area contributed by atoms with Gasteiger partial charge in [0.05, 0.1) is 0 Å². The van der Waals surface area contributed by atoms with Crippen LogP contribution in [-0.2, 0) is 4.79 Å². The molecule has 0 aromatic heterocycles. The fourth-order valence-electron chi connectivity index (χ4n) is 6.86. The van der Waals surface area contributed by atoms with Crippen molar-refractivity contribution >= 4 is 57.4 Å². The van der Waals surface area contributed by atoms with E-state index in [0.717, 1.165) is 65.6 Å². The van der Waals surface area contributed by atoms with Crippen LogP contribution in [-0.4, -0.2) is 37.2 Å². The van der Waals surface area contributed by atoms with Crippen LogP contribution in [0.5, 0.6) is 0 Å². The number of rotatable bonds is 13. The number of hydrogen-bond acceptors (Lipinski definition) is 5. The molecule has 5 aromatic rings. The molecule has 0 aliphatic carbocycles. The summed E-state index contributed by atoms with van der Waals surface area (Å²) in [6.45, 7) is 22.0. The van der Waals surface area contributed by atoms with Gasteiger partial charge in [0.2, 0.25) is 5.91 Å². The van der Waals surface area contributed by atoms with Crippen LogP contribution in [0.25, 0.3) is 0 Å². The van der Waals surface area contributed by atoms with Crippen molar-refractivity contribution in [2.75, 3.05) is 46.2 Å². The molecule has 0 saturated carbocycles. The zero-order valence-electron chi connectivity index (χ0n) is 33.5. The largest absolute Gasteiger partial charge is 0.372 e. The van der Waals surface area contributed by atoms with Gasteiger partial charge in [-0.05, 0) is 131 Å². The second-order valence-electron chi connectivity index (χ2n) is 14.9. The predicted octanol–water partition coefficient (Wildman–Crippen LogP) is 11.5. The second kappa shape index (κ2) is 17.8. The van der Waals surface area contributed by atoms with Crippen molar-refractivity contribution in [3.05, 3.63) is 143 Å². The topological polar surface area (TPSA) is 50.9 Å². The summed E-state index contributed by atoms with van der Waals surface area (Å²) in [4.78, 5) is 20.0. The Morgan fingerprint density at radius 3 is 1.35 bits per heavy atom. The zero-order chi connectivity index (χ0) is 39.0. The fraction of sp³-hybridized carbons (Fsp3) is 0.319. The zero-order valence-corrected chi connectivity index (χ0v) is 34.4. The van der Waals surface area contributed by atoms with Crippen molar-refractivity contribution in [1.82, 2.24) is 5.32 Å². The number of carbonyl (C=O) groups is 1. The number of benzene rings is 5. The molecule has 54 heavy (non-hydrogen) atoms. The summed E-state index contributed by atoms with van der Waals surface area (Å²) in [7, 11) is 0. The minimum atomic E-state index is -0.584. The number of hydrogen-bond donors (Lipinski definition) is 2. The van der Waals surface area contributed by atoms with Crippen LogP contribution in [0.15, 0.2) is 115 Å². The number of amides is 1. The molecule has 0 aliphatic heterocycles. The van der Waals surface area contributed by atoms with Crippen molar-refractivity contribution in [3.8, 4) is 0 Å². The van der Waals surface area contributed by atoms with Gasteiger partial charge in [-0.2, -0.15) is 0 Å². The first-order valence-corrected chi connectivity index (χ1v) is 19.7. The molecule has 7 heteroatoms. The van der Waals surface area contributed by atoms with Gasteiger partial charge >= 0.3 is 0 Å². The molecule has 0 heterocycles. The van der Waals surface area contributed by atoms with Gasteiger partial charge in [0.1, 0.15) is 0 Å². The number of aryl methyl sites for hydroxylation is 2. The summed E-state index contributed by atoms with van der Waals surface area (Å²) in [5, 5.41) is 6.68. The third-order valence-corrected chi connectivity index (χ3v) is 10.2. The van der Waals surface area contributed by atoms with E-state index in [1.807, 2.05) is 20.8 Å². The van der Waals surface area contributed by atoms with Gasteiger partial charge in [0, 0.05) is 71.6 Å². The lowest BCUT2D eigenvalue weighted by molar-refractivity contribution is -0.126. The number of nitrogens with one attached hydrogen (secondary N) is 2. The number of anilines is 6. The first kappa shape index (κ1) is 40.1. The van der Waals surface area contributed by atoms with E-state index in [1.165, 1.54) is 22.5 Å². The van der Waals surface area contributed by atoms with Gasteiger partial charge in [-0.25, -0.2) is 0 Å². The van der Waals surface area contributed by atoms with E-state index in [0.29, 0.717) is 0 Å². The average Bonchev–Trinajstić information content (AvgIpc) is 3.16. The van der Waals surface area contributed by atoms with E-state index >= 15 is 0 Å². The molecule has 0 atom stereocenters. The SMILES string of the molecule is CCN(CC)c1ccc(C(c2ccc(N(CC)c3ccc(C)cc3)cc2)c2ccc(N(CC)c3ccc(C)cc3)cc2)c(NC(=S)NC(=O)C(C)(C)C)c1. The molecule has 5 aromatic carbocycles. The molecular weight excluding hydrogens is 683 g/mol. The average molecular weight is 740 g/mol. The maximum Gasteiger partial charge on any atom is 0.231 e. The standard InChI is InChI=1S/C47H57N5OS/c1-10-50(11-2)41-30-31-42(43(32-41)48-46(54)49-45(53)47(7,8)9)44(35-18-26-39(27-19-35)51(12-3)37-22-14-33(5)15-23-37)36-20-28-40(29-21-36)52(13-4)38-24-16-34(6)17-25-38/h14-32,44H,10-13H2,1-9H3,(H2,48,49,53,54). The lowest BCUT2D eigenvalue weighted by atomic mass is 9.83. The third-order valence-electron chi connectivity index (χ3n) is 10.0. The highest BCUT2D eigenvalue weighted by molar-refractivity contribution is 7.80. The molecule has 2 N–H and O–H groups in total. The summed E-state index contributed by atoms with van der Waals surface area (Å²) in [6.07, 6.45) is 0. The van der Waals surface area contributed by atoms with Gasteiger partial charge in [-0.1, -0.05) is 86.5 Å². The second-order valence-corrected chi connectivity index (χ2v) is 15.3. The van der Waals surface area contributed by atoms with Crippen LogP contribution >= 0.6 is 12.2 Å². The minimum Gasteiger partial charge on any atom is -0.372 e. The Morgan fingerprint density at radius 2 is 0.981 bits per heavy atom. The highest BCUT2D eigenvalue weighted by atomic mass is 32.1. The minimum absolute atomic E-state index is 0.132. The monoisotopic (exact) mass is 739 g/mol. The van der Waals surface area contributed by atoms with Gasteiger partial charge < -0.3 is 25.3 Å². The number of nitrogens with zero attached hydrogens (tertiary/aromatic N) is 3. The van der Waals surface area contributed by atoms with Crippen molar-refractivity contribution in [1.29, 1.82) is 0 Å². The van der Waals surface area contributed by atoms with Gasteiger partial charge in [-0.15, -0.1) is 0 Å². The maximum absolute atomic E-state index is 13.0. The molecule has 1 amide bonds. The van der Waals surface area contributed by atoms with Crippen LogP contribution < -0.4 is 25.3 Å². The summed E-state index contributed by atoms with van der Waals surface area (Å²) in [5.41, 5.74) is 11.8. The Kier molecular flexibility index (Phi) is 13.2. The van der Waals surface area contributed by atoms with E-state index in [1.54, 1.807) is 0 Å². The molecule has 0 spiro atoms. The van der Waals surface area contributed by atoms with Crippen LogP contribution in [0.3, 0.4) is 0 Å². The van der Waals surface area contributed by atoms with Crippen molar-refractivity contribution < 1.29 is 4.79 Å². The Labute approximate surface area is 329 Å². The van der Waals surface area contributed by atoms with Crippen molar-refractivity contribution in [2.45, 2.75) is 68.2 Å². The summed E-state index contributed by atoms with van der Waals surface area (Å²) in [5.74, 6) is -0.265. The quantitative estimate of drug-likeness (QED) is 0.0926. The van der Waals surface area contributed by atoms with Gasteiger partial charge in [0.25, 0.3) is 0 Å². The van der Waals surface area contributed by atoms with E-state index in [9.17, 15) is 4.79 Å². The smallest absolute Gasteiger partial charge is 0.231 e. The first-order valence-electron chi connectivity index (χ1n) is 19.3. The molecule has 0 unspecified atom stereocenters. The summed E-state index contributed by atoms with van der Waals surface area (Å²) in [6, 6.07) is 41.9. The number of carbonyl (C=O) groups excluding carboxylic acids is 1. The molecule has 282 valence electrons. The molecule has 0 aliphatic rings. The lowest BCUT2D eigenvalue weighted by Crippen LogP contribution is -2.41. The van der Waals surface area contributed by atoms with Crippen LogP contribution in [0.2, 0.25) is 0 Å². The molecule has 0 saturated heterocycles. The third kappa shape index (κ3) is 9.50. The van der Waals surface area contributed by atoms with Crippen molar-refractivity contribution in [3.63, 3.8) is 0 Å². The maximum atomic E-state index is 13.0. The van der Waals surface area contributed by atoms with Crippen molar-refractivity contribution in [2.24, 2.45) is 5.41 Å². The Morgan fingerprint density at radius 1 is 0.593 bits per heavy atom. The van der Waals surface area contributed by atoms with E-state index < -0.39 is 5.41 Å². The molecular formula is C47H57N5OS. The van der Waals surface area contributed by atoms with Crippen LogP contribution in [0, 0.1) is 19.3 Å². The first-order chi connectivity index (χ1) is 25.9. The Bertz CT molecular complexity index is 1900. The number of thiocarbonyl (C=S) groups is 1. The Hall–Kier alpha value is -5.14. The van der Waals surface area contributed by atoms with E-state index in [4.69, 9.17) is 12.2 Å². The van der Waals surface area contributed by atoms with Crippen LogP contribution in [0.4, 0.5) is 34.1 Å². The normalized spacial score (nSPS) is 11.3. The van der Waals surface area contributed by atoms with E-state index in [-0.39, 0.29) is 16.9 Å². The lowest BCUT2D eigenvalue weighted by Gasteiger charge is -2.28. The molecule has 0 bridgehead atoms. The molecule has 0 fully saturated rings. The summed E-state index contributed by atoms with van der Waals surface area (Å²) < 4.78 is 0. The predicted molar refractivity (Wildman–Crippen MR) is 235 cm³/mol. The molecule has 5 rings (SSSR count). The van der Waals surface area contributed by atoms with E-state index in [2.05, 4.69) is 182 Å². The van der Waals surface area contributed by atoms with Gasteiger partial charge in [-0.3, -0.25) is 4.79 Å². The molecule has 6 nitrogen and oxygen atoms in total. The van der Waals surface area contributed by atoms with Gasteiger partial charge in [0.15, 0.2) is 5.11 Å². The van der Waals surface area contributed by atoms with Crippen LogP contribution in [0.1, 0.15) is 82.2 Å². The fourth-order valence-corrected chi connectivity index (χ4v) is 7.06. The Balaban J connectivity index is 1.62. The highest BCUT2D eigenvalue weighted by Crippen LogP contribution is 2.40.